The average Bonchev–Trinajstić information content (AvgIpc) is 2.48. The van der Waals surface area contributed by atoms with Crippen LogP contribution in [0.5, 0.6) is 0 Å². The van der Waals surface area contributed by atoms with Crippen LogP contribution < -0.4 is 5.32 Å². The fraction of sp³-hybridized carbons (Fsp3) is 0.0667. The second-order valence-electron chi connectivity index (χ2n) is 4.19. The standard InChI is InChI=1S/C15H13NO4/c17-9-10-1-3-11(4-2-10)14(18)16-13-7-5-12(6-8-13)15(19)20/h1-8,17H,9H2,(H,16,18)(H,19,20). The van der Waals surface area contributed by atoms with E-state index >= 15 is 0 Å². The van der Waals surface area contributed by atoms with Crippen molar-refractivity contribution >= 4 is 17.6 Å². The highest BCUT2D eigenvalue weighted by Gasteiger charge is 2.07. The molecule has 0 aliphatic carbocycles. The highest BCUT2D eigenvalue weighted by Crippen LogP contribution is 2.12. The summed E-state index contributed by atoms with van der Waals surface area (Å²) >= 11 is 0. The zero-order valence-electron chi connectivity index (χ0n) is 10.5. The Morgan fingerprint density at radius 1 is 0.900 bits per heavy atom. The van der Waals surface area contributed by atoms with E-state index < -0.39 is 5.97 Å². The number of nitrogens with one attached hydrogen (secondary N) is 1. The lowest BCUT2D eigenvalue weighted by Crippen LogP contribution is -2.12. The summed E-state index contributed by atoms with van der Waals surface area (Å²) in [6.45, 7) is -0.0709. The highest BCUT2D eigenvalue weighted by molar-refractivity contribution is 6.04. The summed E-state index contributed by atoms with van der Waals surface area (Å²) in [5, 5.41) is 20.4. The minimum absolute atomic E-state index is 0.0709. The van der Waals surface area contributed by atoms with Crippen LogP contribution in [0.3, 0.4) is 0 Å². The maximum atomic E-state index is 11.9. The number of carbonyl (C=O) groups excluding carboxylic acids is 1. The number of amides is 1. The first-order valence-corrected chi connectivity index (χ1v) is 5.94. The lowest BCUT2D eigenvalue weighted by atomic mass is 10.1. The number of aromatic carboxylic acids is 1. The van der Waals surface area contributed by atoms with E-state index in [0.717, 1.165) is 5.56 Å². The number of hydrogen-bond donors (Lipinski definition) is 3. The quantitative estimate of drug-likeness (QED) is 0.795. The molecule has 0 aromatic heterocycles. The summed E-state index contributed by atoms with van der Waals surface area (Å²) in [5.74, 6) is -1.31. The normalized spacial score (nSPS) is 10.1. The van der Waals surface area contributed by atoms with Crippen LogP contribution in [-0.2, 0) is 6.61 Å². The zero-order chi connectivity index (χ0) is 14.5. The summed E-state index contributed by atoms with van der Waals surface area (Å²) in [5.41, 5.74) is 1.87. The molecular weight excluding hydrogens is 258 g/mol. The molecule has 0 unspecified atom stereocenters. The molecule has 0 fully saturated rings. The van der Waals surface area contributed by atoms with Gasteiger partial charge in [0.1, 0.15) is 0 Å². The van der Waals surface area contributed by atoms with Gasteiger partial charge in [-0.1, -0.05) is 12.1 Å². The predicted octanol–water partition coefficient (Wildman–Crippen LogP) is 2.13. The Morgan fingerprint density at radius 2 is 1.45 bits per heavy atom. The van der Waals surface area contributed by atoms with Gasteiger partial charge in [0.05, 0.1) is 12.2 Å². The van der Waals surface area contributed by atoms with Gasteiger partial charge in [0, 0.05) is 11.3 Å². The largest absolute Gasteiger partial charge is 0.478 e. The number of carbonyl (C=O) groups is 2. The Kier molecular flexibility index (Phi) is 4.12. The van der Waals surface area contributed by atoms with Crippen molar-refractivity contribution in [1.82, 2.24) is 0 Å². The van der Waals surface area contributed by atoms with Gasteiger partial charge in [0.2, 0.25) is 0 Å². The fourth-order valence-electron chi connectivity index (χ4n) is 1.66. The maximum Gasteiger partial charge on any atom is 0.335 e. The molecule has 0 saturated carbocycles. The van der Waals surface area contributed by atoms with Gasteiger partial charge in [-0.2, -0.15) is 0 Å². The summed E-state index contributed by atoms with van der Waals surface area (Å²) in [7, 11) is 0. The lowest BCUT2D eigenvalue weighted by molar-refractivity contribution is 0.0696. The maximum absolute atomic E-state index is 11.9. The van der Waals surface area contributed by atoms with Crippen LogP contribution in [0.15, 0.2) is 48.5 Å². The van der Waals surface area contributed by atoms with Gasteiger partial charge >= 0.3 is 5.97 Å². The first kappa shape index (κ1) is 13.8. The Labute approximate surface area is 115 Å². The van der Waals surface area contributed by atoms with E-state index in [2.05, 4.69) is 5.32 Å². The van der Waals surface area contributed by atoms with E-state index in [1.54, 1.807) is 24.3 Å². The van der Waals surface area contributed by atoms with Crippen LogP contribution in [0.4, 0.5) is 5.69 Å². The molecule has 0 atom stereocenters. The number of benzene rings is 2. The minimum atomic E-state index is -1.01. The van der Waals surface area contributed by atoms with E-state index in [0.29, 0.717) is 11.3 Å². The number of carboxylic acid groups (broad SMARTS) is 1. The van der Waals surface area contributed by atoms with Crippen LogP contribution >= 0.6 is 0 Å². The van der Waals surface area contributed by atoms with Crippen molar-refractivity contribution in [1.29, 1.82) is 0 Å². The molecule has 0 radical (unpaired) electrons. The second-order valence-corrected chi connectivity index (χ2v) is 4.19. The number of hydrogen-bond acceptors (Lipinski definition) is 3. The van der Waals surface area contributed by atoms with Crippen molar-refractivity contribution in [3.8, 4) is 0 Å². The first-order valence-electron chi connectivity index (χ1n) is 5.94. The van der Waals surface area contributed by atoms with Crippen molar-refractivity contribution < 1.29 is 19.8 Å². The first-order chi connectivity index (χ1) is 9.60. The smallest absolute Gasteiger partial charge is 0.335 e. The molecule has 0 spiro atoms. The summed E-state index contributed by atoms with van der Waals surface area (Å²) in [6, 6.07) is 12.5. The van der Waals surface area contributed by atoms with E-state index in [1.807, 2.05) is 0 Å². The van der Waals surface area contributed by atoms with Crippen LogP contribution in [-0.4, -0.2) is 22.1 Å². The van der Waals surface area contributed by atoms with Crippen LogP contribution in [0.1, 0.15) is 26.3 Å². The summed E-state index contributed by atoms with van der Waals surface area (Å²) < 4.78 is 0. The van der Waals surface area contributed by atoms with Gasteiger partial charge < -0.3 is 15.5 Å². The number of aliphatic hydroxyl groups excluding tert-OH is 1. The Bertz CT molecular complexity index is 617. The van der Waals surface area contributed by atoms with Crippen LogP contribution in [0.2, 0.25) is 0 Å². The van der Waals surface area contributed by atoms with Gasteiger partial charge in [-0.15, -0.1) is 0 Å². The molecule has 0 aliphatic heterocycles. The molecule has 5 nitrogen and oxygen atoms in total. The third kappa shape index (κ3) is 3.21. The molecule has 2 rings (SSSR count). The topological polar surface area (TPSA) is 86.6 Å². The molecule has 3 N–H and O–H groups in total. The Morgan fingerprint density at radius 3 is 1.95 bits per heavy atom. The molecule has 2 aromatic rings. The van der Waals surface area contributed by atoms with Gasteiger partial charge in [0.25, 0.3) is 5.91 Å². The fourth-order valence-corrected chi connectivity index (χ4v) is 1.66. The molecular formula is C15H13NO4. The Balaban J connectivity index is 2.08. The van der Waals surface area contributed by atoms with E-state index in [9.17, 15) is 9.59 Å². The van der Waals surface area contributed by atoms with E-state index in [1.165, 1.54) is 24.3 Å². The number of anilines is 1. The van der Waals surface area contributed by atoms with Crippen molar-refractivity contribution in [3.63, 3.8) is 0 Å². The highest BCUT2D eigenvalue weighted by atomic mass is 16.4. The molecule has 5 heteroatoms. The van der Waals surface area contributed by atoms with Gasteiger partial charge in [-0.25, -0.2) is 4.79 Å². The molecule has 0 bridgehead atoms. The van der Waals surface area contributed by atoms with E-state index in [4.69, 9.17) is 10.2 Å². The molecule has 0 heterocycles. The number of aliphatic hydroxyl groups is 1. The SMILES string of the molecule is O=C(O)c1ccc(NC(=O)c2ccc(CO)cc2)cc1. The van der Waals surface area contributed by atoms with Crippen molar-refractivity contribution in [2.75, 3.05) is 5.32 Å². The summed E-state index contributed by atoms with van der Waals surface area (Å²) in [6.07, 6.45) is 0. The molecule has 0 saturated heterocycles. The molecule has 0 aliphatic rings. The number of rotatable bonds is 4. The molecule has 2 aromatic carbocycles. The minimum Gasteiger partial charge on any atom is -0.478 e. The lowest BCUT2D eigenvalue weighted by Gasteiger charge is -2.06. The monoisotopic (exact) mass is 271 g/mol. The van der Waals surface area contributed by atoms with Crippen molar-refractivity contribution in [2.24, 2.45) is 0 Å². The van der Waals surface area contributed by atoms with E-state index in [-0.39, 0.29) is 18.1 Å². The third-order valence-corrected chi connectivity index (χ3v) is 2.79. The summed E-state index contributed by atoms with van der Waals surface area (Å²) in [4.78, 5) is 22.7. The average molecular weight is 271 g/mol. The van der Waals surface area contributed by atoms with Crippen molar-refractivity contribution in [2.45, 2.75) is 6.61 Å². The van der Waals surface area contributed by atoms with Gasteiger partial charge in [-0.3, -0.25) is 4.79 Å². The third-order valence-electron chi connectivity index (χ3n) is 2.79. The zero-order valence-corrected chi connectivity index (χ0v) is 10.5. The van der Waals surface area contributed by atoms with Crippen LogP contribution in [0.25, 0.3) is 0 Å². The Hall–Kier alpha value is -2.66. The van der Waals surface area contributed by atoms with Crippen molar-refractivity contribution in [3.05, 3.63) is 65.2 Å². The number of carboxylic acids is 1. The molecule has 102 valence electrons. The predicted molar refractivity (Wildman–Crippen MR) is 73.7 cm³/mol. The van der Waals surface area contributed by atoms with Gasteiger partial charge in [0.15, 0.2) is 0 Å². The van der Waals surface area contributed by atoms with Crippen LogP contribution in [0, 0.1) is 0 Å². The second kappa shape index (κ2) is 5.99. The molecule has 1 amide bonds. The molecule has 20 heavy (non-hydrogen) atoms. The van der Waals surface area contributed by atoms with Gasteiger partial charge in [-0.05, 0) is 42.0 Å².